The molecule has 24 heavy (non-hydrogen) atoms. The van der Waals surface area contributed by atoms with E-state index < -0.39 is 6.04 Å². The predicted octanol–water partition coefficient (Wildman–Crippen LogP) is 1.04. The van der Waals surface area contributed by atoms with Gasteiger partial charge in [0, 0.05) is 13.1 Å². The van der Waals surface area contributed by atoms with Crippen molar-refractivity contribution in [1.29, 1.82) is 0 Å². The van der Waals surface area contributed by atoms with Crippen LogP contribution in [0.3, 0.4) is 0 Å². The predicted molar refractivity (Wildman–Crippen MR) is 89.8 cm³/mol. The van der Waals surface area contributed by atoms with Crippen LogP contribution in [0.1, 0.15) is 18.9 Å². The van der Waals surface area contributed by atoms with Crippen molar-refractivity contribution in [3.8, 4) is 5.75 Å². The van der Waals surface area contributed by atoms with Crippen molar-refractivity contribution in [2.75, 3.05) is 26.8 Å². The molecule has 3 N–H and O–H groups in total. The molecule has 1 saturated heterocycles. The molecule has 1 aromatic carbocycles. The second-order valence-corrected chi connectivity index (χ2v) is 5.84. The maximum atomic E-state index is 11.8. The average Bonchev–Trinajstić information content (AvgIpc) is 2.58. The summed E-state index contributed by atoms with van der Waals surface area (Å²) < 4.78 is 10.7. The van der Waals surface area contributed by atoms with Crippen molar-refractivity contribution in [3.63, 3.8) is 0 Å². The zero-order valence-electron chi connectivity index (χ0n) is 14.1. The monoisotopic (exact) mass is 335 g/mol. The summed E-state index contributed by atoms with van der Waals surface area (Å²) >= 11 is 0. The van der Waals surface area contributed by atoms with E-state index in [9.17, 15) is 9.59 Å². The van der Waals surface area contributed by atoms with E-state index in [-0.39, 0.29) is 17.9 Å². The zero-order valence-corrected chi connectivity index (χ0v) is 14.1. The molecule has 7 nitrogen and oxygen atoms in total. The van der Waals surface area contributed by atoms with Crippen LogP contribution in [0.2, 0.25) is 0 Å². The number of benzene rings is 1. The number of nitrogens with one attached hydrogen (secondary N) is 3. The summed E-state index contributed by atoms with van der Waals surface area (Å²) in [5.41, 5.74) is 1.01. The number of carbonyl (C=O) groups is 2. The topological polar surface area (TPSA) is 88.7 Å². The molecule has 1 aliphatic heterocycles. The highest BCUT2D eigenvalue weighted by atomic mass is 16.5. The van der Waals surface area contributed by atoms with E-state index in [2.05, 4.69) is 16.0 Å². The summed E-state index contributed by atoms with van der Waals surface area (Å²) in [7, 11) is 1.62. The van der Waals surface area contributed by atoms with Crippen molar-refractivity contribution < 1.29 is 19.1 Å². The Labute approximate surface area is 142 Å². The van der Waals surface area contributed by atoms with E-state index in [1.165, 1.54) is 0 Å². The number of carbonyl (C=O) groups excluding carboxylic acids is 2. The van der Waals surface area contributed by atoms with E-state index >= 15 is 0 Å². The summed E-state index contributed by atoms with van der Waals surface area (Å²) in [6, 6.07) is 6.80. The van der Waals surface area contributed by atoms with Crippen LogP contribution in [0.4, 0.5) is 4.79 Å². The number of hydrogen-bond acceptors (Lipinski definition) is 4. The number of piperidine rings is 1. The lowest BCUT2D eigenvalue weighted by molar-refractivity contribution is -0.125. The van der Waals surface area contributed by atoms with Crippen molar-refractivity contribution in [1.82, 2.24) is 16.0 Å². The van der Waals surface area contributed by atoms with Crippen molar-refractivity contribution >= 4 is 11.9 Å². The molecular weight excluding hydrogens is 310 g/mol. The standard InChI is InChI=1S/C17H25N3O4/c1-12-6-7-18-16(21)15(12)20-17(22)19-8-9-24-11-13-4-3-5-14(10-13)23-2/h3-5,10,12,15H,6-9,11H2,1-2H3,(H,18,21)(H2,19,20,22)/t12-,15+/m1/s1. The lowest BCUT2D eigenvalue weighted by Gasteiger charge is -2.28. The first-order valence-corrected chi connectivity index (χ1v) is 8.13. The Morgan fingerprint density at radius 3 is 3.00 bits per heavy atom. The Morgan fingerprint density at radius 2 is 2.25 bits per heavy atom. The molecule has 0 unspecified atom stereocenters. The number of hydrogen-bond donors (Lipinski definition) is 3. The van der Waals surface area contributed by atoms with Gasteiger partial charge in [0.25, 0.3) is 0 Å². The number of amides is 3. The maximum absolute atomic E-state index is 11.8. The Morgan fingerprint density at radius 1 is 1.42 bits per heavy atom. The smallest absolute Gasteiger partial charge is 0.315 e. The van der Waals surface area contributed by atoms with Gasteiger partial charge in [-0.1, -0.05) is 19.1 Å². The quantitative estimate of drug-likeness (QED) is 0.650. The van der Waals surface area contributed by atoms with Crippen LogP contribution in [-0.2, 0) is 16.1 Å². The molecule has 7 heteroatoms. The normalized spacial score (nSPS) is 20.2. The highest BCUT2D eigenvalue weighted by Crippen LogP contribution is 2.13. The molecule has 0 bridgehead atoms. The second-order valence-electron chi connectivity index (χ2n) is 5.84. The van der Waals surface area contributed by atoms with Gasteiger partial charge in [0.1, 0.15) is 11.8 Å². The highest BCUT2D eigenvalue weighted by Gasteiger charge is 2.29. The first-order chi connectivity index (χ1) is 11.6. The first-order valence-electron chi connectivity index (χ1n) is 8.13. The third-order valence-electron chi connectivity index (χ3n) is 3.97. The molecule has 0 aliphatic carbocycles. The molecular formula is C17H25N3O4. The lowest BCUT2D eigenvalue weighted by Crippen LogP contribution is -2.56. The van der Waals surface area contributed by atoms with Gasteiger partial charge in [0.05, 0.1) is 20.3 Å². The molecule has 2 rings (SSSR count). The molecule has 2 atom stereocenters. The fourth-order valence-electron chi connectivity index (χ4n) is 2.55. The summed E-state index contributed by atoms with van der Waals surface area (Å²) in [6.07, 6.45) is 0.861. The minimum atomic E-state index is -0.476. The Balaban J connectivity index is 1.63. The van der Waals surface area contributed by atoms with Crippen molar-refractivity contribution in [3.05, 3.63) is 29.8 Å². The van der Waals surface area contributed by atoms with Crippen LogP contribution in [0, 0.1) is 5.92 Å². The van der Waals surface area contributed by atoms with Gasteiger partial charge < -0.3 is 25.4 Å². The van der Waals surface area contributed by atoms with Crippen LogP contribution in [0.5, 0.6) is 5.75 Å². The van der Waals surface area contributed by atoms with E-state index in [1.807, 2.05) is 31.2 Å². The number of methoxy groups -OCH3 is 1. The van der Waals surface area contributed by atoms with Crippen LogP contribution in [0.25, 0.3) is 0 Å². The Bertz CT molecular complexity index is 565. The number of ether oxygens (including phenoxy) is 2. The molecule has 1 heterocycles. The highest BCUT2D eigenvalue weighted by molar-refractivity contribution is 5.87. The fraction of sp³-hybridized carbons (Fsp3) is 0.529. The lowest BCUT2D eigenvalue weighted by atomic mass is 9.94. The van der Waals surface area contributed by atoms with E-state index in [0.29, 0.717) is 26.3 Å². The third-order valence-corrected chi connectivity index (χ3v) is 3.97. The summed E-state index contributed by atoms with van der Waals surface area (Å²) in [5.74, 6) is 0.792. The molecule has 132 valence electrons. The third kappa shape index (κ3) is 5.42. The number of urea groups is 1. The van der Waals surface area contributed by atoms with Gasteiger partial charge >= 0.3 is 6.03 Å². The summed E-state index contributed by atoms with van der Waals surface area (Å²) in [6.45, 7) is 3.83. The molecule has 1 fully saturated rings. The van der Waals surface area contributed by atoms with Crippen molar-refractivity contribution in [2.45, 2.75) is 26.0 Å². The van der Waals surface area contributed by atoms with E-state index in [0.717, 1.165) is 17.7 Å². The molecule has 0 radical (unpaired) electrons. The summed E-state index contributed by atoms with van der Waals surface area (Å²) in [5, 5.41) is 8.16. The minimum absolute atomic E-state index is 0.127. The molecule has 0 spiro atoms. The maximum Gasteiger partial charge on any atom is 0.315 e. The van der Waals surface area contributed by atoms with Gasteiger partial charge in [-0.25, -0.2) is 4.79 Å². The van der Waals surface area contributed by atoms with E-state index in [1.54, 1.807) is 7.11 Å². The van der Waals surface area contributed by atoms with Crippen LogP contribution >= 0.6 is 0 Å². The molecule has 0 aromatic heterocycles. The van der Waals surface area contributed by atoms with Crippen LogP contribution in [0.15, 0.2) is 24.3 Å². The minimum Gasteiger partial charge on any atom is -0.497 e. The Kier molecular flexibility index (Phi) is 6.87. The Hall–Kier alpha value is -2.28. The second kappa shape index (κ2) is 9.12. The van der Waals surface area contributed by atoms with Gasteiger partial charge in [0.2, 0.25) is 5.91 Å². The largest absolute Gasteiger partial charge is 0.497 e. The molecule has 1 aromatic rings. The summed E-state index contributed by atoms with van der Waals surface area (Å²) in [4.78, 5) is 23.6. The molecule has 0 saturated carbocycles. The average molecular weight is 335 g/mol. The van der Waals surface area contributed by atoms with Gasteiger partial charge in [0.15, 0.2) is 0 Å². The van der Waals surface area contributed by atoms with Crippen molar-refractivity contribution in [2.24, 2.45) is 5.92 Å². The van der Waals surface area contributed by atoms with Crippen LogP contribution < -0.4 is 20.7 Å². The van der Waals surface area contributed by atoms with Gasteiger partial charge in [-0.2, -0.15) is 0 Å². The SMILES string of the molecule is COc1cccc(COCCNC(=O)N[C@@H]2C(=O)NCC[C@H]2C)c1. The number of rotatable bonds is 7. The van der Waals surface area contributed by atoms with Crippen LogP contribution in [-0.4, -0.2) is 44.8 Å². The first kappa shape index (κ1) is 18.1. The zero-order chi connectivity index (χ0) is 17.4. The fourth-order valence-corrected chi connectivity index (χ4v) is 2.55. The van der Waals surface area contributed by atoms with Gasteiger partial charge in [-0.15, -0.1) is 0 Å². The molecule has 3 amide bonds. The molecule has 1 aliphatic rings. The van der Waals surface area contributed by atoms with E-state index in [4.69, 9.17) is 9.47 Å². The van der Waals surface area contributed by atoms with Gasteiger partial charge in [-0.3, -0.25) is 4.79 Å². The van der Waals surface area contributed by atoms with Gasteiger partial charge in [-0.05, 0) is 30.0 Å².